The largest absolute Gasteiger partial charge is 0.345 e. The number of alkyl halides is 2. The van der Waals surface area contributed by atoms with E-state index >= 15 is 0 Å². The highest BCUT2D eigenvalue weighted by Crippen LogP contribution is 2.52. The molecular formula is C14H18F2N2O. The number of amides is 1. The summed E-state index contributed by atoms with van der Waals surface area (Å²) in [6, 6.07) is 6.81. The Morgan fingerprint density at radius 1 is 1.26 bits per heavy atom. The standard InChI is InChI=1S/C14H18F2N2O/c1-18(2)12(19)10-3-5-11(6-4-10)13(9-17)7-14(15,16)8-13/h3-6H,7-9,17H2,1-2H3. The van der Waals surface area contributed by atoms with E-state index in [2.05, 4.69) is 0 Å². The lowest BCUT2D eigenvalue weighted by molar-refractivity contribution is -0.123. The molecule has 0 aromatic heterocycles. The average molecular weight is 268 g/mol. The van der Waals surface area contributed by atoms with Crippen molar-refractivity contribution in [2.45, 2.75) is 24.2 Å². The first kappa shape index (κ1) is 13.9. The smallest absolute Gasteiger partial charge is 0.253 e. The van der Waals surface area contributed by atoms with Crippen LogP contribution in [0, 0.1) is 0 Å². The van der Waals surface area contributed by atoms with Crippen LogP contribution >= 0.6 is 0 Å². The fraction of sp³-hybridized carbons (Fsp3) is 0.500. The summed E-state index contributed by atoms with van der Waals surface area (Å²) in [6.07, 6.45) is -0.422. The lowest BCUT2D eigenvalue weighted by Gasteiger charge is -2.47. The molecule has 0 atom stereocenters. The Labute approximate surface area is 111 Å². The van der Waals surface area contributed by atoms with Crippen molar-refractivity contribution >= 4 is 5.91 Å². The van der Waals surface area contributed by atoms with Gasteiger partial charge in [-0.2, -0.15) is 0 Å². The SMILES string of the molecule is CN(C)C(=O)c1ccc(C2(CN)CC(F)(F)C2)cc1. The number of carbonyl (C=O) groups excluding carboxylic acids is 1. The third-order valence-electron chi connectivity index (χ3n) is 3.74. The van der Waals surface area contributed by atoms with Gasteiger partial charge in [-0.3, -0.25) is 4.79 Å². The first-order chi connectivity index (χ1) is 8.80. The summed E-state index contributed by atoms with van der Waals surface area (Å²) in [4.78, 5) is 13.2. The topological polar surface area (TPSA) is 46.3 Å². The molecule has 1 aliphatic carbocycles. The molecule has 1 aromatic carbocycles. The number of benzene rings is 1. The highest BCUT2D eigenvalue weighted by atomic mass is 19.3. The summed E-state index contributed by atoms with van der Waals surface area (Å²) in [6.45, 7) is 0.198. The van der Waals surface area contributed by atoms with E-state index < -0.39 is 11.3 Å². The number of hydrogen-bond donors (Lipinski definition) is 1. The third-order valence-corrected chi connectivity index (χ3v) is 3.74. The van der Waals surface area contributed by atoms with E-state index in [9.17, 15) is 13.6 Å². The molecule has 2 rings (SSSR count). The van der Waals surface area contributed by atoms with Crippen molar-refractivity contribution < 1.29 is 13.6 Å². The second-order valence-electron chi connectivity index (χ2n) is 5.47. The molecular weight excluding hydrogens is 250 g/mol. The fourth-order valence-corrected chi connectivity index (χ4v) is 2.63. The van der Waals surface area contributed by atoms with E-state index in [0.29, 0.717) is 5.56 Å². The maximum atomic E-state index is 13.1. The van der Waals surface area contributed by atoms with Gasteiger partial charge in [0.2, 0.25) is 5.92 Å². The van der Waals surface area contributed by atoms with Gasteiger partial charge in [0.25, 0.3) is 5.91 Å². The summed E-state index contributed by atoms with van der Waals surface area (Å²) < 4.78 is 26.2. The van der Waals surface area contributed by atoms with Crippen LogP contribution < -0.4 is 5.73 Å². The van der Waals surface area contributed by atoms with Crippen molar-refractivity contribution in [3.05, 3.63) is 35.4 Å². The van der Waals surface area contributed by atoms with Gasteiger partial charge in [-0.15, -0.1) is 0 Å². The van der Waals surface area contributed by atoms with Crippen molar-refractivity contribution in [2.24, 2.45) is 5.73 Å². The summed E-state index contributed by atoms with van der Waals surface area (Å²) in [5.74, 6) is -2.72. The van der Waals surface area contributed by atoms with Crippen LogP contribution in [0.1, 0.15) is 28.8 Å². The molecule has 0 heterocycles. The normalized spacial score (nSPS) is 19.6. The molecule has 0 saturated heterocycles. The monoisotopic (exact) mass is 268 g/mol. The zero-order valence-corrected chi connectivity index (χ0v) is 11.1. The quantitative estimate of drug-likeness (QED) is 0.911. The molecule has 3 nitrogen and oxygen atoms in total. The number of nitrogens with two attached hydrogens (primary N) is 1. The van der Waals surface area contributed by atoms with Crippen LogP contribution in [0.15, 0.2) is 24.3 Å². The molecule has 1 saturated carbocycles. The van der Waals surface area contributed by atoms with Crippen LogP contribution in [-0.4, -0.2) is 37.4 Å². The second-order valence-corrected chi connectivity index (χ2v) is 5.47. The molecule has 1 aliphatic rings. The predicted octanol–water partition coefficient (Wildman–Crippen LogP) is 2.01. The Bertz CT molecular complexity index is 475. The Hall–Kier alpha value is -1.49. The van der Waals surface area contributed by atoms with Crippen LogP contribution in [0.4, 0.5) is 8.78 Å². The van der Waals surface area contributed by atoms with Gasteiger partial charge < -0.3 is 10.6 Å². The van der Waals surface area contributed by atoms with E-state index in [-0.39, 0.29) is 25.3 Å². The van der Waals surface area contributed by atoms with Crippen LogP contribution in [0.25, 0.3) is 0 Å². The van der Waals surface area contributed by atoms with Gasteiger partial charge in [0.1, 0.15) is 0 Å². The zero-order chi connectivity index (χ0) is 14.3. The minimum atomic E-state index is -2.61. The Morgan fingerprint density at radius 3 is 2.16 bits per heavy atom. The predicted molar refractivity (Wildman–Crippen MR) is 69.4 cm³/mol. The molecule has 104 valence electrons. The van der Waals surface area contributed by atoms with Gasteiger partial charge in [0, 0.05) is 44.5 Å². The van der Waals surface area contributed by atoms with Crippen LogP contribution in [0.5, 0.6) is 0 Å². The summed E-state index contributed by atoms with van der Waals surface area (Å²) in [5.41, 5.74) is 6.36. The Morgan fingerprint density at radius 2 is 1.79 bits per heavy atom. The van der Waals surface area contributed by atoms with Crippen molar-refractivity contribution in [1.82, 2.24) is 4.90 Å². The van der Waals surface area contributed by atoms with Gasteiger partial charge in [0.15, 0.2) is 0 Å². The molecule has 1 aromatic rings. The lowest BCUT2D eigenvalue weighted by atomic mass is 9.62. The summed E-state index contributed by atoms with van der Waals surface area (Å²) in [5, 5.41) is 0. The molecule has 0 radical (unpaired) electrons. The number of nitrogens with zero attached hydrogens (tertiary/aromatic N) is 1. The third kappa shape index (κ3) is 2.47. The van der Waals surface area contributed by atoms with Crippen molar-refractivity contribution in [3.8, 4) is 0 Å². The van der Waals surface area contributed by atoms with E-state index in [1.807, 2.05) is 0 Å². The van der Waals surface area contributed by atoms with Crippen molar-refractivity contribution in [3.63, 3.8) is 0 Å². The summed E-state index contributed by atoms with van der Waals surface area (Å²) in [7, 11) is 3.34. The molecule has 5 heteroatoms. The Balaban J connectivity index is 2.21. The van der Waals surface area contributed by atoms with E-state index in [4.69, 9.17) is 5.73 Å². The molecule has 0 unspecified atom stereocenters. The van der Waals surface area contributed by atoms with Crippen LogP contribution in [0.3, 0.4) is 0 Å². The number of halogens is 2. The number of rotatable bonds is 3. The van der Waals surface area contributed by atoms with Gasteiger partial charge in [0.05, 0.1) is 0 Å². The van der Waals surface area contributed by atoms with E-state index in [1.165, 1.54) is 4.90 Å². The number of carbonyl (C=O) groups is 1. The lowest BCUT2D eigenvalue weighted by Crippen LogP contribution is -2.53. The highest BCUT2D eigenvalue weighted by molar-refractivity contribution is 5.93. The van der Waals surface area contributed by atoms with Gasteiger partial charge in [-0.25, -0.2) is 8.78 Å². The molecule has 0 aliphatic heterocycles. The van der Waals surface area contributed by atoms with Crippen LogP contribution in [0.2, 0.25) is 0 Å². The molecule has 0 bridgehead atoms. The average Bonchev–Trinajstić information content (AvgIpc) is 2.34. The maximum absolute atomic E-state index is 13.1. The Kier molecular flexibility index (Phi) is 3.34. The molecule has 1 amide bonds. The molecule has 0 spiro atoms. The zero-order valence-electron chi connectivity index (χ0n) is 11.1. The molecule has 1 fully saturated rings. The van der Waals surface area contributed by atoms with Crippen molar-refractivity contribution in [2.75, 3.05) is 20.6 Å². The first-order valence-corrected chi connectivity index (χ1v) is 6.20. The number of hydrogen-bond acceptors (Lipinski definition) is 2. The van der Waals surface area contributed by atoms with Gasteiger partial charge >= 0.3 is 0 Å². The van der Waals surface area contributed by atoms with Crippen molar-refractivity contribution in [1.29, 1.82) is 0 Å². The van der Waals surface area contributed by atoms with E-state index in [0.717, 1.165) is 5.56 Å². The summed E-state index contributed by atoms with van der Waals surface area (Å²) >= 11 is 0. The van der Waals surface area contributed by atoms with Gasteiger partial charge in [-0.1, -0.05) is 12.1 Å². The second kappa shape index (κ2) is 4.56. The van der Waals surface area contributed by atoms with Crippen LogP contribution in [-0.2, 0) is 5.41 Å². The minimum absolute atomic E-state index is 0.104. The minimum Gasteiger partial charge on any atom is -0.345 e. The molecule has 19 heavy (non-hydrogen) atoms. The molecule has 2 N–H and O–H groups in total. The maximum Gasteiger partial charge on any atom is 0.253 e. The first-order valence-electron chi connectivity index (χ1n) is 6.20. The van der Waals surface area contributed by atoms with E-state index in [1.54, 1.807) is 38.4 Å². The van der Waals surface area contributed by atoms with Gasteiger partial charge in [-0.05, 0) is 17.7 Å². The fourth-order valence-electron chi connectivity index (χ4n) is 2.63. The highest BCUT2D eigenvalue weighted by Gasteiger charge is 2.56.